The van der Waals surface area contributed by atoms with Gasteiger partial charge in [-0.05, 0) is 32.9 Å². The van der Waals surface area contributed by atoms with Crippen molar-refractivity contribution >= 4 is 0 Å². The van der Waals surface area contributed by atoms with Crippen LogP contribution < -0.4 is 0 Å². The summed E-state index contributed by atoms with van der Waals surface area (Å²) in [5.41, 5.74) is 1.09. The second-order valence-electron chi connectivity index (χ2n) is 3.90. The summed E-state index contributed by atoms with van der Waals surface area (Å²) in [6.45, 7) is 4.63. The number of rotatable bonds is 2. The molecular formula is C11H17N3. The minimum atomic E-state index is 0.420. The SMILES string of the molecule is CC(c1cnccn1)N1CCCCC1. The van der Waals surface area contributed by atoms with Gasteiger partial charge in [0.1, 0.15) is 0 Å². The molecule has 1 unspecified atom stereocenters. The lowest BCUT2D eigenvalue weighted by atomic mass is 10.1. The summed E-state index contributed by atoms with van der Waals surface area (Å²) in [5, 5.41) is 0. The zero-order valence-electron chi connectivity index (χ0n) is 8.69. The number of hydrogen-bond acceptors (Lipinski definition) is 3. The minimum Gasteiger partial charge on any atom is -0.295 e. The Bertz CT molecular complexity index is 267. The number of piperidine rings is 1. The van der Waals surface area contributed by atoms with Gasteiger partial charge in [0, 0.05) is 18.6 Å². The van der Waals surface area contributed by atoms with Crippen LogP contribution in [0.4, 0.5) is 0 Å². The molecule has 3 nitrogen and oxygen atoms in total. The molecule has 0 amide bonds. The topological polar surface area (TPSA) is 29.0 Å². The van der Waals surface area contributed by atoms with Crippen LogP contribution in [0.25, 0.3) is 0 Å². The van der Waals surface area contributed by atoms with Gasteiger partial charge < -0.3 is 0 Å². The van der Waals surface area contributed by atoms with Crippen LogP contribution in [0.1, 0.15) is 37.9 Å². The highest BCUT2D eigenvalue weighted by molar-refractivity contribution is 5.01. The molecule has 0 bridgehead atoms. The Morgan fingerprint density at radius 3 is 2.64 bits per heavy atom. The first-order valence-corrected chi connectivity index (χ1v) is 5.38. The van der Waals surface area contributed by atoms with Gasteiger partial charge >= 0.3 is 0 Å². The highest BCUT2D eigenvalue weighted by atomic mass is 15.2. The van der Waals surface area contributed by atoms with Crippen LogP contribution in [0.15, 0.2) is 18.6 Å². The maximum absolute atomic E-state index is 4.35. The first kappa shape index (κ1) is 9.59. The van der Waals surface area contributed by atoms with E-state index in [1.165, 1.54) is 32.4 Å². The Morgan fingerprint density at radius 1 is 1.21 bits per heavy atom. The highest BCUT2D eigenvalue weighted by Crippen LogP contribution is 2.21. The molecular weight excluding hydrogens is 174 g/mol. The Balaban J connectivity index is 2.03. The lowest BCUT2D eigenvalue weighted by molar-refractivity contribution is 0.171. The summed E-state index contributed by atoms with van der Waals surface area (Å²) >= 11 is 0. The predicted octanol–water partition coefficient (Wildman–Crippen LogP) is 2.02. The van der Waals surface area contributed by atoms with E-state index >= 15 is 0 Å². The fraction of sp³-hybridized carbons (Fsp3) is 0.636. The van der Waals surface area contributed by atoms with E-state index in [1.54, 1.807) is 12.4 Å². The fourth-order valence-corrected chi connectivity index (χ4v) is 2.02. The van der Waals surface area contributed by atoms with Crippen molar-refractivity contribution < 1.29 is 0 Å². The second-order valence-corrected chi connectivity index (χ2v) is 3.90. The van der Waals surface area contributed by atoms with Crippen molar-refractivity contribution in [1.82, 2.24) is 14.9 Å². The van der Waals surface area contributed by atoms with E-state index in [4.69, 9.17) is 0 Å². The molecule has 0 spiro atoms. The largest absolute Gasteiger partial charge is 0.295 e. The van der Waals surface area contributed by atoms with Crippen molar-refractivity contribution in [1.29, 1.82) is 0 Å². The molecule has 0 aliphatic carbocycles. The summed E-state index contributed by atoms with van der Waals surface area (Å²) in [6, 6.07) is 0.420. The van der Waals surface area contributed by atoms with Crippen LogP contribution >= 0.6 is 0 Å². The van der Waals surface area contributed by atoms with Gasteiger partial charge in [0.15, 0.2) is 0 Å². The van der Waals surface area contributed by atoms with Crippen LogP contribution in [-0.4, -0.2) is 28.0 Å². The van der Waals surface area contributed by atoms with Crippen molar-refractivity contribution in [3.63, 3.8) is 0 Å². The monoisotopic (exact) mass is 191 g/mol. The average Bonchev–Trinajstić information content (AvgIpc) is 2.30. The Labute approximate surface area is 85.2 Å². The zero-order valence-corrected chi connectivity index (χ0v) is 8.69. The quantitative estimate of drug-likeness (QED) is 0.716. The van der Waals surface area contributed by atoms with Crippen molar-refractivity contribution in [3.05, 3.63) is 24.3 Å². The number of aromatic nitrogens is 2. The Hall–Kier alpha value is -0.960. The first-order chi connectivity index (χ1) is 6.88. The maximum atomic E-state index is 4.35. The molecule has 1 saturated heterocycles. The summed E-state index contributed by atoms with van der Waals surface area (Å²) in [4.78, 5) is 11.0. The van der Waals surface area contributed by atoms with Gasteiger partial charge in [0.2, 0.25) is 0 Å². The summed E-state index contributed by atoms with van der Waals surface area (Å²) in [5.74, 6) is 0. The number of hydrogen-bond donors (Lipinski definition) is 0. The molecule has 2 heterocycles. The van der Waals surface area contributed by atoms with Crippen molar-refractivity contribution in [2.45, 2.75) is 32.2 Å². The summed E-state index contributed by atoms with van der Waals surface area (Å²) < 4.78 is 0. The van der Waals surface area contributed by atoms with Crippen molar-refractivity contribution in [3.8, 4) is 0 Å². The van der Waals surface area contributed by atoms with E-state index in [1.807, 2.05) is 6.20 Å². The van der Waals surface area contributed by atoms with E-state index in [0.29, 0.717) is 6.04 Å². The molecule has 0 N–H and O–H groups in total. The predicted molar refractivity (Wildman–Crippen MR) is 55.9 cm³/mol. The second kappa shape index (κ2) is 4.51. The minimum absolute atomic E-state index is 0.420. The van der Waals surface area contributed by atoms with Gasteiger partial charge in [-0.3, -0.25) is 14.9 Å². The molecule has 2 rings (SSSR count). The highest BCUT2D eigenvalue weighted by Gasteiger charge is 2.18. The van der Waals surface area contributed by atoms with Crippen LogP contribution in [0.3, 0.4) is 0 Å². The standard InChI is InChI=1S/C11H17N3/c1-10(11-9-12-5-6-13-11)14-7-3-2-4-8-14/h5-6,9-10H,2-4,7-8H2,1H3. The third-order valence-electron chi connectivity index (χ3n) is 2.95. The van der Waals surface area contributed by atoms with E-state index in [2.05, 4.69) is 21.8 Å². The van der Waals surface area contributed by atoms with Crippen LogP contribution in [0, 0.1) is 0 Å². The normalized spacial score (nSPS) is 20.6. The lowest BCUT2D eigenvalue weighted by Crippen LogP contribution is -2.32. The van der Waals surface area contributed by atoms with Crippen LogP contribution in [0.2, 0.25) is 0 Å². The third kappa shape index (κ3) is 2.10. The third-order valence-corrected chi connectivity index (χ3v) is 2.95. The average molecular weight is 191 g/mol. The lowest BCUT2D eigenvalue weighted by Gasteiger charge is -2.31. The molecule has 1 aromatic heterocycles. The van der Waals surface area contributed by atoms with Gasteiger partial charge in [-0.1, -0.05) is 6.42 Å². The van der Waals surface area contributed by atoms with E-state index < -0.39 is 0 Å². The summed E-state index contributed by atoms with van der Waals surface area (Å²) in [6.07, 6.45) is 9.40. The van der Waals surface area contributed by atoms with Gasteiger partial charge in [0.05, 0.1) is 11.7 Å². The molecule has 1 aliphatic heterocycles. The van der Waals surface area contributed by atoms with Gasteiger partial charge in [0.25, 0.3) is 0 Å². The smallest absolute Gasteiger partial charge is 0.0755 e. The molecule has 1 atom stereocenters. The molecule has 1 aromatic rings. The van der Waals surface area contributed by atoms with Gasteiger partial charge in [-0.2, -0.15) is 0 Å². The van der Waals surface area contributed by atoms with Crippen molar-refractivity contribution in [2.24, 2.45) is 0 Å². The van der Waals surface area contributed by atoms with E-state index in [9.17, 15) is 0 Å². The summed E-state index contributed by atoms with van der Waals surface area (Å²) in [7, 11) is 0. The Kier molecular flexibility index (Phi) is 3.09. The molecule has 0 aromatic carbocycles. The molecule has 3 heteroatoms. The van der Waals surface area contributed by atoms with Crippen molar-refractivity contribution in [2.75, 3.05) is 13.1 Å². The molecule has 0 saturated carbocycles. The molecule has 1 fully saturated rings. The van der Waals surface area contributed by atoms with E-state index in [-0.39, 0.29) is 0 Å². The molecule has 1 aliphatic rings. The first-order valence-electron chi connectivity index (χ1n) is 5.38. The maximum Gasteiger partial charge on any atom is 0.0755 e. The number of likely N-dealkylation sites (tertiary alicyclic amines) is 1. The molecule has 14 heavy (non-hydrogen) atoms. The molecule has 76 valence electrons. The molecule has 0 radical (unpaired) electrons. The fourth-order valence-electron chi connectivity index (χ4n) is 2.02. The number of nitrogens with zero attached hydrogens (tertiary/aromatic N) is 3. The van der Waals surface area contributed by atoms with E-state index in [0.717, 1.165) is 5.69 Å². The zero-order chi connectivity index (χ0) is 9.80. The van der Waals surface area contributed by atoms with Crippen LogP contribution in [0.5, 0.6) is 0 Å². The van der Waals surface area contributed by atoms with Crippen LogP contribution in [-0.2, 0) is 0 Å². The Morgan fingerprint density at radius 2 is 2.00 bits per heavy atom. The van der Waals surface area contributed by atoms with Gasteiger partial charge in [-0.25, -0.2) is 0 Å². The van der Waals surface area contributed by atoms with Gasteiger partial charge in [-0.15, -0.1) is 0 Å².